The van der Waals surface area contributed by atoms with Crippen LogP contribution >= 0.6 is 0 Å². The third kappa shape index (κ3) is 5.48. The molecule has 5 atom stereocenters. The number of amides is 3. The zero-order chi connectivity index (χ0) is 36.4. The second-order valence-corrected chi connectivity index (χ2v) is 15.0. The molecule has 0 bridgehead atoms. The molecule has 1 saturated heterocycles. The van der Waals surface area contributed by atoms with Gasteiger partial charge in [-0.15, -0.1) is 0 Å². The quantitative estimate of drug-likeness (QED) is 0.271. The molecule has 268 valence electrons. The predicted molar refractivity (Wildman–Crippen MR) is 195 cm³/mol. The fourth-order valence-corrected chi connectivity index (χ4v) is 9.04. The molecular formula is C42H43N3O7. The SMILES string of the molecule is C[C@@H]1[C@@H](C(C)(C)O)[C@H](CC(=O)N2Cc3ccccc3C[C@H]2CO)O[C@@]12C(=O)N(Cc1ccccc1)c1ccc(N3C(=O)COc4ccccc43)cc12. The molecular weight excluding hydrogens is 658 g/mol. The van der Waals surface area contributed by atoms with Crippen LogP contribution in [0.2, 0.25) is 0 Å². The lowest BCUT2D eigenvalue weighted by molar-refractivity contribution is -0.151. The average Bonchev–Trinajstić information content (AvgIpc) is 3.56. The van der Waals surface area contributed by atoms with Gasteiger partial charge >= 0.3 is 0 Å². The first-order chi connectivity index (χ1) is 25.0. The van der Waals surface area contributed by atoms with Crippen molar-refractivity contribution in [3.05, 3.63) is 119 Å². The minimum Gasteiger partial charge on any atom is -0.482 e. The number of benzene rings is 4. The number of ether oxygens (including phenoxy) is 2. The molecule has 0 saturated carbocycles. The van der Waals surface area contributed by atoms with Crippen LogP contribution in [0.25, 0.3) is 0 Å². The lowest BCUT2D eigenvalue weighted by Gasteiger charge is -2.38. The molecule has 52 heavy (non-hydrogen) atoms. The van der Waals surface area contributed by atoms with Gasteiger partial charge in [0.2, 0.25) is 5.91 Å². The fourth-order valence-electron chi connectivity index (χ4n) is 9.04. The van der Waals surface area contributed by atoms with Gasteiger partial charge in [-0.3, -0.25) is 19.3 Å². The number of carbonyl (C=O) groups excluding carboxylic acids is 3. The highest BCUT2D eigenvalue weighted by atomic mass is 16.5. The maximum absolute atomic E-state index is 15.1. The molecule has 4 aliphatic heterocycles. The number of rotatable bonds is 7. The van der Waals surface area contributed by atoms with Gasteiger partial charge in [0, 0.05) is 29.6 Å². The van der Waals surface area contributed by atoms with E-state index in [2.05, 4.69) is 0 Å². The molecule has 2 N–H and O–H groups in total. The molecule has 1 spiro atoms. The summed E-state index contributed by atoms with van der Waals surface area (Å²) in [6.45, 7) is 5.62. The number of fused-ring (bicyclic) bond motifs is 4. The van der Waals surface area contributed by atoms with Gasteiger partial charge in [0.1, 0.15) is 5.75 Å². The molecule has 3 amide bonds. The summed E-state index contributed by atoms with van der Waals surface area (Å²) in [5.41, 5.74) is 2.55. The van der Waals surface area contributed by atoms with Gasteiger partial charge in [-0.25, -0.2) is 0 Å². The molecule has 4 aromatic carbocycles. The molecule has 8 rings (SSSR count). The van der Waals surface area contributed by atoms with Gasteiger partial charge in [0.15, 0.2) is 12.2 Å². The zero-order valence-corrected chi connectivity index (χ0v) is 29.6. The van der Waals surface area contributed by atoms with Gasteiger partial charge in [0.25, 0.3) is 11.8 Å². The van der Waals surface area contributed by atoms with Crippen molar-refractivity contribution in [3.63, 3.8) is 0 Å². The summed E-state index contributed by atoms with van der Waals surface area (Å²) in [5, 5.41) is 22.1. The minimum absolute atomic E-state index is 0.0876. The van der Waals surface area contributed by atoms with Crippen molar-refractivity contribution in [3.8, 4) is 5.75 Å². The Labute approximate surface area is 303 Å². The monoisotopic (exact) mass is 701 g/mol. The van der Waals surface area contributed by atoms with E-state index in [9.17, 15) is 19.8 Å². The molecule has 4 aliphatic rings. The average molecular weight is 702 g/mol. The Morgan fingerprint density at radius 1 is 0.923 bits per heavy atom. The molecule has 0 aliphatic carbocycles. The number of hydrogen-bond acceptors (Lipinski definition) is 7. The van der Waals surface area contributed by atoms with Crippen LogP contribution in [-0.2, 0) is 44.2 Å². The number of anilines is 3. The van der Waals surface area contributed by atoms with E-state index in [0.717, 1.165) is 16.7 Å². The predicted octanol–water partition coefficient (Wildman–Crippen LogP) is 5.24. The molecule has 10 heteroatoms. The first-order valence-electron chi connectivity index (χ1n) is 17.9. The van der Waals surface area contributed by atoms with Crippen molar-refractivity contribution >= 4 is 34.8 Å². The van der Waals surface area contributed by atoms with Gasteiger partial charge < -0.3 is 29.5 Å². The number of aliphatic hydroxyl groups excluding tert-OH is 1. The summed E-state index contributed by atoms with van der Waals surface area (Å²) in [7, 11) is 0. The highest BCUT2D eigenvalue weighted by Gasteiger charge is 2.66. The summed E-state index contributed by atoms with van der Waals surface area (Å²) < 4.78 is 12.7. The van der Waals surface area contributed by atoms with E-state index >= 15 is 4.79 Å². The standard InChI is InChI=1S/C42H43N3O7/c1-26-39(41(2,3)50)36(21-37(47)43-23-29-14-8-7-13-28(29)19-31(43)24-46)52-42(26)32-20-30(45-34-15-9-10-16-35(34)51-25-38(45)48)17-18-33(32)44(40(42)49)22-27-11-5-4-6-12-27/h4-18,20,26,31,36,39,46,50H,19,21-25H2,1-3H3/t26-,31+,36+,39-,42+/m1/s1. The van der Waals surface area contributed by atoms with Crippen molar-refractivity contribution in [2.24, 2.45) is 11.8 Å². The lowest BCUT2D eigenvalue weighted by atomic mass is 9.70. The van der Waals surface area contributed by atoms with Gasteiger partial charge in [0.05, 0.1) is 48.7 Å². The van der Waals surface area contributed by atoms with Crippen LogP contribution < -0.4 is 14.5 Å². The molecule has 1 fully saturated rings. The minimum atomic E-state index is -1.56. The van der Waals surface area contributed by atoms with Crippen LogP contribution in [0.1, 0.15) is 49.4 Å². The van der Waals surface area contributed by atoms with Crippen LogP contribution in [0.15, 0.2) is 97.1 Å². The second-order valence-electron chi connectivity index (χ2n) is 15.0. The first-order valence-corrected chi connectivity index (χ1v) is 17.9. The summed E-state index contributed by atoms with van der Waals surface area (Å²) in [4.78, 5) is 47.8. The maximum Gasteiger partial charge on any atom is 0.269 e. The summed E-state index contributed by atoms with van der Waals surface area (Å²) in [5.74, 6) is -1.37. The van der Waals surface area contributed by atoms with Crippen molar-refractivity contribution in [2.75, 3.05) is 23.0 Å². The summed E-state index contributed by atoms with van der Waals surface area (Å²) in [6, 6.07) is 30.1. The van der Waals surface area contributed by atoms with Gasteiger partial charge in [-0.05, 0) is 67.3 Å². The first kappa shape index (κ1) is 34.1. The van der Waals surface area contributed by atoms with Crippen molar-refractivity contribution in [2.45, 2.75) is 70.1 Å². The van der Waals surface area contributed by atoms with Crippen molar-refractivity contribution in [1.82, 2.24) is 4.90 Å². The smallest absolute Gasteiger partial charge is 0.269 e. The molecule has 4 heterocycles. The van der Waals surface area contributed by atoms with Gasteiger partial charge in [-0.2, -0.15) is 0 Å². The van der Waals surface area contributed by atoms with Crippen LogP contribution in [0.5, 0.6) is 5.75 Å². The van der Waals surface area contributed by atoms with E-state index in [4.69, 9.17) is 9.47 Å². The van der Waals surface area contributed by atoms with E-state index in [0.29, 0.717) is 41.3 Å². The Hall–Kier alpha value is -5.03. The summed E-state index contributed by atoms with van der Waals surface area (Å²) in [6.07, 6.45) is -0.386. The Bertz CT molecular complexity index is 2040. The Morgan fingerprint density at radius 3 is 2.38 bits per heavy atom. The topological polar surface area (TPSA) is 120 Å². The van der Waals surface area contributed by atoms with Crippen molar-refractivity contribution < 1.29 is 34.1 Å². The number of hydrogen-bond donors (Lipinski definition) is 2. The fraction of sp³-hybridized carbons (Fsp3) is 0.357. The Morgan fingerprint density at radius 2 is 1.63 bits per heavy atom. The third-order valence-electron chi connectivity index (χ3n) is 11.4. The second kappa shape index (κ2) is 12.9. The lowest BCUT2D eigenvalue weighted by Crippen LogP contribution is -2.48. The van der Waals surface area contributed by atoms with E-state index in [1.54, 1.807) is 28.5 Å². The van der Waals surface area contributed by atoms with E-state index < -0.39 is 35.2 Å². The van der Waals surface area contributed by atoms with E-state index in [1.807, 2.05) is 104 Å². The highest BCUT2D eigenvalue weighted by molar-refractivity contribution is 6.09. The Kier molecular flexibility index (Phi) is 8.44. The normalized spacial score (nSPS) is 25.2. The third-order valence-corrected chi connectivity index (χ3v) is 11.4. The largest absolute Gasteiger partial charge is 0.482 e. The zero-order valence-electron chi connectivity index (χ0n) is 29.6. The molecule has 0 radical (unpaired) electrons. The summed E-state index contributed by atoms with van der Waals surface area (Å²) >= 11 is 0. The van der Waals surface area contributed by atoms with Crippen LogP contribution in [0.4, 0.5) is 17.1 Å². The molecule has 0 unspecified atom stereocenters. The maximum atomic E-state index is 15.1. The molecule has 4 aromatic rings. The number of aliphatic hydroxyl groups is 2. The Balaban J connectivity index is 1.21. The van der Waals surface area contributed by atoms with Crippen LogP contribution in [0.3, 0.4) is 0 Å². The van der Waals surface area contributed by atoms with Gasteiger partial charge in [-0.1, -0.05) is 73.7 Å². The number of para-hydroxylation sites is 2. The number of carbonyl (C=O) groups is 3. The number of nitrogens with zero attached hydrogens (tertiary/aromatic N) is 3. The van der Waals surface area contributed by atoms with Crippen molar-refractivity contribution in [1.29, 1.82) is 0 Å². The highest BCUT2D eigenvalue weighted by Crippen LogP contribution is 2.59. The molecule has 0 aromatic heterocycles. The molecule has 10 nitrogen and oxygen atoms in total. The van der Waals surface area contributed by atoms with E-state index in [-0.39, 0.29) is 43.9 Å². The van der Waals surface area contributed by atoms with Crippen LogP contribution in [-0.4, -0.2) is 63.8 Å². The van der Waals surface area contributed by atoms with E-state index in [1.165, 1.54) is 0 Å². The van der Waals surface area contributed by atoms with Crippen LogP contribution in [0, 0.1) is 11.8 Å².